The number of urea groups is 1. The van der Waals surface area contributed by atoms with E-state index < -0.39 is 6.03 Å². The summed E-state index contributed by atoms with van der Waals surface area (Å²) in [6, 6.07) is 2.49. The maximum absolute atomic E-state index is 10.5. The summed E-state index contributed by atoms with van der Waals surface area (Å²) in [7, 11) is 0. The lowest BCUT2D eigenvalue weighted by molar-refractivity contribution is 0.259. The molecule has 1 aromatic rings. The van der Waals surface area contributed by atoms with Gasteiger partial charge in [0.25, 0.3) is 0 Å². The number of hydrogen-bond acceptors (Lipinski definition) is 2. The van der Waals surface area contributed by atoms with Gasteiger partial charge in [-0.25, -0.2) is 4.79 Å². The van der Waals surface area contributed by atoms with E-state index in [1.165, 1.54) is 0 Å². The third kappa shape index (κ3) is 2.03. The molecule has 13 heavy (non-hydrogen) atoms. The number of primary amides is 1. The van der Waals surface area contributed by atoms with E-state index in [9.17, 15) is 9.90 Å². The quantitative estimate of drug-likeness (QED) is 0.647. The molecule has 4 N–H and O–H groups in total. The number of carbonyl (C=O) groups is 1. The molecule has 0 aliphatic carbocycles. The summed E-state index contributed by atoms with van der Waals surface area (Å²) in [5, 5.41) is 11.8. The zero-order valence-corrected chi connectivity index (χ0v) is 7.72. The van der Waals surface area contributed by atoms with E-state index >= 15 is 0 Å². The van der Waals surface area contributed by atoms with Crippen LogP contribution in [0.2, 0.25) is 5.02 Å². The highest BCUT2D eigenvalue weighted by Gasteiger charge is 2.08. The first kappa shape index (κ1) is 9.67. The largest absolute Gasteiger partial charge is 0.506 e. The molecular weight excluding hydrogens is 192 g/mol. The fraction of sp³-hybridized carbons (Fsp3) is 0.125. The number of amides is 2. The Labute approximate surface area is 80.3 Å². The van der Waals surface area contributed by atoms with Crippen molar-refractivity contribution < 1.29 is 9.90 Å². The molecule has 0 aromatic heterocycles. The summed E-state index contributed by atoms with van der Waals surface area (Å²) < 4.78 is 0. The van der Waals surface area contributed by atoms with Crippen LogP contribution >= 0.6 is 11.6 Å². The fourth-order valence-corrected chi connectivity index (χ4v) is 1.15. The van der Waals surface area contributed by atoms with Gasteiger partial charge in [-0.2, -0.15) is 0 Å². The second-order valence-corrected chi connectivity index (χ2v) is 2.96. The summed E-state index contributed by atoms with van der Waals surface area (Å²) in [5.41, 5.74) is 5.83. The van der Waals surface area contributed by atoms with Gasteiger partial charge in [-0.05, 0) is 18.6 Å². The standard InChI is InChI=1S/C8H9ClN2O2/c1-4-2-3-5(11-8(10)13)6(9)7(4)12/h2-3,12H,1H3,(H3,10,11,13). The maximum atomic E-state index is 10.5. The van der Waals surface area contributed by atoms with Crippen molar-refractivity contribution in [1.82, 2.24) is 0 Å². The summed E-state index contributed by atoms with van der Waals surface area (Å²) in [5.74, 6) is -0.0482. The van der Waals surface area contributed by atoms with Crippen LogP contribution in [0.1, 0.15) is 5.56 Å². The highest BCUT2D eigenvalue weighted by atomic mass is 35.5. The Morgan fingerprint density at radius 2 is 2.23 bits per heavy atom. The minimum atomic E-state index is -0.717. The Kier molecular flexibility index (Phi) is 2.63. The zero-order chi connectivity index (χ0) is 10.0. The molecule has 4 nitrogen and oxygen atoms in total. The second kappa shape index (κ2) is 3.53. The summed E-state index contributed by atoms with van der Waals surface area (Å²) in [6.45, 7) is 1.70. The van der Waals surface area contributed by atoms with Crippen LogP contribution in [0.5, 0.6) is 5.75 Å². The Hall–Kier alpha value is -1.42. The molecule has 70 valence electrons. The first-order chi connectivity index (χ1) is 6.02. The molecule has 1 rings (SSSR count). The van der Waals surface area contributed by atoms with E-state index in [0.717, 1.165) is 0 Å². The highest BCUT2D eigenvalue weighted by Crippen LogP contribution is 2.33. The Balaban J connectivity index is 3.10. The molecule has 2 amide bonds. The summed E-state index contributed by atoms with van der Waals surface area (Å²) >= 11 is 5.72. The molecule has 0 saturated heterocycles. The van der Waals surface area contributed by atoms with E-state index in [0.29, 0.717) is 11.3 Å². The van der Waals surface area contributed by atoms with Gasteiger partial charge >= 0.3 is 6.03 Å². The van der Waals surface area contributed by atoms with Crippen LogP contribution in [-0.2, 0) is 0 Å². The van der Waals surface area contributed by atoms with E-state index in [2.05, 4.69) is 5.32 Å². The van der Waals surface area contributed by atoms with E-state index in [1.807, 2.05) is 0 Å². The van der Waals surface area contributed by atoms with Crippen LogP contribution in [0.15, 0.2) is 12.1 Å². The SMILES string of the molecule is Cc1ccc(NC(N)=O)c(Cl)c1O. The van der Waals surface area contributed by atoms with E-state index in [1.54, 1.807) is 19.1 Å². The molecule has 0 aliphatic rings. The predicted molar refractivity (Wildman–Crippen MR) is 51.1 cm³/mol. The molecular formula is C8H9ClN2O2. The highest BCUT2D eigenvalue weighted by molar-refractivity contribution is 6.35. The second-order valence-electron chi connectivity index (χ2n) is 2.58. The molecule has 5 heteroatoms. The first-order valence-electron chi connectivity index (χ1n) is 3.57. The Morgan fingerprint density at radius 1 is 1.62 bits per heavy atom. The van der Waals surface area contributed by atoms with Crippen molar-refractivity contribution in [3.8, 4) is 5.75 Å². The predicted octanol–water partition coefficient (Wildman–Crippen LogP) is 1.84. The number of rotatable bonds is 1. The van der Waals surface area contributed by atoms with Crippen molar-refractivity contribution in [2.75, 3.05) is 5.32 Å². The van der Waals surface area contributed by atoms with Gasteiger partial charge in [0, 0.05) is 0 Å². The molecule has 0 spiro atoms. The van der Waals surface area contributed by atoms with Crippen molar-refractivity contribution in [1.29, 1.82) is 0 Å². The lowest BCUT2D eigenvalue weighted by Gasteiger charge is -2.07. The number of carbonyl (C=O) groups excluding carboxylic acids is 1. The molecule has 1 aromatic carbocycles. The van der Waals surface area contributed by atoms with Gasteiger partial charge in [0.2, 0.25) is 0 Å². The number of halogens is 1. The van der Waals surface area contributed by atoms with Crippen LogP contribution in [0, 0.1) is 6.92 Å². The number of aromatic hydroxyl groups is 1. The third-order valence-corrected chi connectivity index (χ3v) is 1.96. The van der Waals surface area contributed by atoms with Crippen LogP contribution in [0.3, 0.4) is 0 Å². The van der Waals surface area contributed by atoms with Gasteiger partial charge in [-0.1, -0.05) is 17.7 Å². The monoisotopic (exact) mass is 200 g/mol. The number of hydrogen-bond donors (Lipinski definition) is 3. The lowest BCUT2D eigenvalue weighted by Crippen LogP contribution is -2.19. The van der Waals surface area contributed by atoms with Crippen LogP contribution < -0.4 is 11.1 Å². The van der Waals surface area contributed by atoms with Crippen molar-refractivity contribution in [3.63, 3.8) is 0 Å². The van der Waals surface area contributed by atoms with Crippen LogP contribution in [-0.4, -0.2) is 11.1 Å². The summed E-state index contributed by atoms with van der Waals surface area (Å²) in [4.78, 5) is 10.5. The number of benzene rings is 1. The van der Waals surface area contributed by atoms with Crippen molar-refractivity contribution in [2.24, 2.45) is 5.73 Å². The lowest BCUT2D eigenvalue weighted by atomic mass is 10.2. The fourth-order valence-electron chi connectivity index (χ4n) is 0.890. The number of phenolic OH excluding ortho intramolecular Hbond substituents is 1. The van der Waals surface area contributed by atoms with Crippen LogP contribution in [0.4, 0.5) is 10.5 Å². The maximum Gasteiger partial charge on any atom is 0.316 e. The van der Waals surface area contributed by atoms with Crippen molar-refractivity contribution >= 4 is 23.3 Å². The van der Waals surface area contributed by atoms with E-state index in [-0.39, 0.29) is 10.8 Å². The molecule has 0 heterocycles. The van der Waals surface area contributed by atoms with Gasteiger partial charge in [0.05, 0.1) is 5.69 Å². The molecule has 0 aliphatic heterocycles. The van der Waals surface area contributed by atoms with E-state index in [4.69, 9.17) is 17.3 Å². The minimum absolute atomic E-state index is 0.0482. The minimum Gasteiger partial charge on any atom is -0.506 e. The van der Waals surface area contributed by atoms with Crippen molar-refractivity contribution in [3.05, 3.63) is 22.7 Å². The molecule has 0 unspecified atom stereocenters. The molecule has 0 saturated carbocycles. The van der Waals surface area contributed by atoms with Crippen LogP contribution in [0.25, 0.3) is 0 Å². The average molecular weight is 201 g/mol. The molecule has 0 atom stereocenters. The Morgan fingerprint density at radius 3 is 2.77 bits per heavy atom. The number of anilines is 1. The first-order valence-corrected chi connectivity index (χ1v) is 3.94. The molecule has 0 fully saturated rings. The average Bonchev–Trinajstić information content (AvgIpc) is 2.06. The van der Waals surface area contributed by atoms with Gasteiger partial charge in [0.15, 0.2) is 0 Å². The topological polar surface area (TPSA) is 75.3 Å². The van der Waals surface area contributed by atoms with Gasteiger partial charge in [0.1, 0.15) is 10.8 Å². The smallest absolute Gasteiger partial charge is 0.316 e. The number of aryl methyl sites for hydroxylation is 1. The van der Waals surface area contributed by atoms with Gasteiger partial charge < -0.3 is 16.2 Å². The normalized spacial score (nSPS) is 9.69. The number of nitrogens with two attached hydrogens (primary N) is 1. The number of phenols is 1. The molecule has 0 bridgehead atoms. The molecule has 0 radical (unpaired) electrons. The van der Waals surface area contributed by atoms with Gasteiger partial charge in [-0.3, -0.25) is 0 Å². The van der Waals surface area contributed by atoms with Crippen molar-refractivity contribution in [2.45, 2.75) is 6.92 Å². The van der Waals surface area contributed by atoms with Gasteiger partial charge in [-0.15, -0.1) is 0 Å². The summed E-state index contributed by atoms with van der Waals surface area (Å²) in [6.07, 6.45) is 0. The number of nitrogens with one attached hydrogen (secondary N) is 1. The Bertz CT molecular complexity index is 352. The third-order valence-electron chi connectivity index (χ3n) is 1.58. The zero-order valence-electron chi connectivity index (χ0n) is 6.97.